The molecular formula is C9H7F3N2OS2. The molecular weight excluding hydrogens is 273 g/mol. The van der Waals surface area contributed by atoms with Crippen molar-refractivity contribution < 1.29 is 17.4 Å². The fourth-order valence-electron chi connectivity index (χ4n) is 1.23. The number of nitrogen functional groups attached to an aromatic ring is 1. The Balaban J connectivity index is 2.33. The molecule has 1 aromatic heterocycles. The van der Waals surface area contributed by atoms with E-state index in [1.807, 2.05) is 0 Å². The van der Waals surface area contributed by atoms with Gasteiger partial charge in [0.15, 0.2) is 4.34 Å². The molecule has 0 saturated heterocycles. The number of halogens is 3. The summed E-state index contributed by atoms with van der Waals surface area (Å²) in [4.78, 5) is 3.90. The molecule has 2 aromatic rings. The Bertz CT molecular complexity index is 579. The second-order valence-corrected chi connectivity index (χ2v) is 5.97. The number of thiazole rings is 1. The molecule has 2 N–H and O–H groups in total. The van der Waals surface area contributed by atoms with E-state index in [2.05, 4.69) is 4.98 Å². The van der Waals surface area contributed by atoms with Crippen LogP contribution in [0.15, 0.2) is 22.5 Å². The standard InChI is InChI=1S/C9H7F3N2OS2/c10-9(11,12)4-17(15)8-14-6-2-1-5(13)3-7(6)16-8/h1-3H,4,13H2. The number of hydrogen-bond donors (Lipinski definition) is 1. The molecule has 0 radical (unpaired) electrons. The van der Waals surface area contributed by atoms with Crippen molar-refractivity contribution in [1.82, 2.24) is 4.98 Å². The van der Waals surface area contributed by atoms with Gasteiger partial charge < -0.3 is 5.73 Å². The van der Waals surface area contributed by atoms with Gasteiger partial charge in [0.2, 0.25) is 0 Å². The van der Waals surface area contributed by atoms with Crippen LogP contribution >= 0.6 is 11.3 Å². The molecule has 1 atom stereocenters. The fraction of sp³-hybridized carbons (Fsp3) is 0.222. The van der Waals surface area contributed by atoms with Crippen LogP contribution in [-0.4, -0.2) is 21.1 Å². The van der Waals surface area contributed by atoms with Crippen molar-refractivity contribution in [2.45, 2.75) is 10.5 Å². The zero-order valence-electron chi connectivity index (χ0n) is 8.32. The maximum atomic E-state index is 12.1. The number of anilines is 1. The SMILES string of the molecule is Nc1ccc2nc(S(=O)CC(F)(F)F)sc2c1. The number of benzene rings is 1. The Morgan fingerprint density at radius 3 is 2.76 bits per heavy atom. The third kappa shape index (κ3) is 2.95. The average Bonchev–Trinajstić information content (AvgIpc) is 2.57. The molecule has 2 rings (SSSR count). The first kappa shape index (κ1) is 12.3. The van der Waals surface area contributed by atoms with Crippen LogP contribution in [0.4, 0.5) is 18.9 Å². The van der Waals surface area contributed by atoms with Crippen molar-refractivity contribution >= 4 is 38.0 Å². The molecule has 8 heteroatoms. The Labute approximate surface area is 101 Å². The fourth-order valence-corrected chi connectivity index (χ4v) is 3.41. The lowest BCUT2D eigenvalue weighted by atomic mass is 10.3. The highest BCUT2D eigenvalue weighted by atomic mass is 32.2. The zero-order chi connectivity index (χ0) is 12.6. The summed E-state index contributed by atoms with van der Waals surface area (Å²) in [5.41, 5.74) is 6.54. The number of fused-ring (bicyclic) bond motifs is 1. The van der Waals surface area contributed by atoms with Crippen molar-refractivity contribution in [2.75, 3.05) is 11.5 Å². The van der Waals surface area contributed by atoms with Crippen molar-refractivity contribution in [3.05, 3.63) is 18.2 Å². The van der Waals surface area contributed by atoms with Crippen LogP contribution in [0.25, 0.3) is 10.2 Å². The summed E-state index contributed by atoms with van der Waals surface area (Å²) in [5, 5.41) is 0. The summed E-state index contributed by atoms with van der Waals surface area (Å²) in [6.45, 7) is 0. The topological polar surface area (TPSA) is 56.0 Å². The van der Waals surface area contributed by atoms with Gasteiger partial charge in [-0.25, -0.2) is 4.98 Å². The van der Waals surface area contributed by atoms with Crippen LogP contribution < -0.4 is 5.73 Å². The quantitative estimate of drug-likeness (QED) is 0.860. The minimum Gasteiger partial charge on any atom is -0.399 e. The minimum atomic E-state index is -4.46. The van der Waals surface area contributed by atoms with Gasteiger partial charge in [-0.1, -0.05) is 0 Å². The molecule has 3 nitrogen and oxygen atoms in total. The molecule has 1 aromatic carbocycles. The molecule has 0 aliphatic rings. The zero-order valence-corrected chi connectivity index (χ0v) is 9.96. The minimum absolute atomic E-state index is 0.0251. The van der Waals surface area contributed by atoms with Gasteiger partial charge in [-0.15, -0.1) is 11.3 Å². The van der Waals surface area contributed by atoms with E-state index >= 15 is 0 Å². The van der Waals surface area contributed by atoms with Crippen LogP contribution in [0.2, 0.25) is 0 Å². The monoisotopic (exact) mass is 280 g/mol. The molecule has 0 aliphatic carbocycles. The molecule has 92 valence electrons. The largest absolute Gasteiger partial charge is 0.400 e. The van der Waals surface area contributed by atoms with Crippen molar-refractivity contribution in [3.8, 4) is 0 Å². The van der Waals surface area contributed by atoms with Crippen LogP contribution in [0.1, 0.15) is 0 Å². The highest BCUT2D eigenvalue weighted by Gasteiger charge is 2.32. The first-order valence-electron chi connectivity index (χ1n) is 4.46. The predicted octanol–water partition coefficient (Wildman–Crippen LogP) is 2.55. The highest BCUT2D eigenvalue weighted by Crippen LogP contribution is 2.28. The third-order valence-corrected chi connectivity index (χ3v) is 4.57. The Hall–Kier alpha value is -1.15. The van der Waals surface area contributed by atoms with E-state index in [4.69, 9.17) is 5.73 Å². The van der Waals surface area contributed by atoms with Gasteiger partial charge in [-0.3, -0.25) is 4.21 Å². The third-order valence-electron chi connectivity index (χ3n) is 1.88. The van der Waals surface area contributed by atoms with E-state index in [1.54, 1.807) is 18.2 Å². The molecule has 0 bridgehead atoms. The van der Waals surface area contributed by atoms with Gasteiger partial charge in [0.05, 0.1) is 21.0 Å². The van der Waals surface area contributed by atoms with Crippen LogP contribution in [-0.2, 0) is 10.8 Å². The van der Waals surface area contributed by atoms with Gasteiger partial charge in [0.1, 0.15) is 5.75 Å². The lowest BCUT2D eigenvalue weighted by Gasteiger charge is -2.02. The summed E-state index contributed by atoms with van der Waals surface area (Å²) in [6, 6.07) is 4.79. The Morgan fingerprint density at radius 1 is 1.41 bits per heavy atom. The first-order valence-corrected chi connectivity index (χ1v) is 6.60. The van der Waals surface area contributed by atoms with Gasteiger partial charge in [-0.05, 0) is 18.2 Å². The van der Waals surface area contributed by atoms with Gasteiger partial charge in [-0.2, -0.15) is 13.2 Å². The highest BCUT2D eigenvalue weighted by molar-refractivity contribution is 7.87. The van der Waals surface area contributed by atoms with E-state index in [1.165, 1.54) is 0 Å². The molecule has 17 heavy (non-hydrogen) atoms. The summed E-state index contributed by atoms with van der Waals surface area (Å²) < 4.78 is 48.3. The molecule has 0 spiro atoms. The number of rotatable bonds is 2. The van der Waals surface area contributed by atoms with E-state index in [9.17, 15) is 17.4 Å². The van der Waals surface area contributed by atoms with E-state index in [-0.39, 0.29) is 4.34 Å². The second kappa shape index (κ2) is 4.26. The Morgan fingerprint density at radius 2 is 2.12 bits per heavy atom. The van der Waals surface area contributed by atoms with Crippen LogP contribution in [0.3, 0.4) is 0 Å². The molecule has 1 heterocycles. The maximum absolute atomic E-state index is 12.1. The summed E-state index contributed by atoms with van der Waals surface area (Å²) in [5.74, 6) is -1.37. The summed E-state index contributed by atoms with van der Waals surface area (Å²) in [6.07, 6.45) is -4.46. The smallest absolute Gasteiger partial charge is 0.399 e. The van der Waals surface area contributed by atoms with Crippen LogP contribution in [0, 0.1) is 0 Å². The normalized spacial score (nSPS) is 14.1. The molecule has 0 amide bonds. The van der Waals surface area contributed by atoms with Crippen molar-refractivity contribution in [1.29, 1.82) is 0 Å². The number of nitrogens with zero attached hydrogens (tertiary/aromatic N) is 1. The maximum Gasteiger partial charge on any atom is 0.400 e. The number of hydrogen-bond acceptors (Lipinski definition) is 4. The second-order valence-electron chi connectivity index (χ2n) is 3.31. The summed E-state index contributed by atoms with van der Waals surface area (Å²) >= 11 is 0.969. The first-order chi connectivity index (χ1) is 7.85. The molecule has 0 saturated carbocycles. The van der Waals surface area contributed by atoms with Crippen LogP contribution in [0.5, 0.6) is 0 Å². The number of alkyl halides is 3. The lowest BCUT2D eigenvalue weighted by Crippen LogP contribution is -2.18. The van der Waals surface area contributed by atoms with Crippen molar-refractivity contribution in [3.63, 3.8) is 0 Å². The molecule has 0 aliphatic heterocycles. The predicted molar refractivity (Wildman–Crippen MR) is 61.4 cm³/mol. The van der Waals surface area contributed by atoms with Crippen molar-refractivity contribution in [2.24, 2.45) is 0 Å². The van der Waals surface area contributed by atoms with Gasteiger partial charge in [0.25, 0.3) is 0 Å². The molecule has 1 unspecified atom stereocenters. The molecule has 0 fully saturated rings. The van der Waals surface area contributed by atoms with E-state index in [0.717, 1.165) is 11.3 Å². The van der Waals surface area contributed by atoms with Gasteiger partial charge in [0, 0.05) is 5.69 Å². The number of aromatic nitrogens is 1. The average molecular weight is 280 g/mol. The number of nitrogens with two attached hydrogens (primary N) is 1. The lowest BCUT2D eigenvalue weighted by molar-refractivity contribution is -0.105. The van der Waals surface area contributed by atoms with E-state index in [0.29, 0.717) is 15.9 Å². The Kier molecular flexibility index (Phi) is 3.09. The van der Waals surface area contributed by atoms with E-state index < -0.39 is 22.7 Å². The summed E-state index contributed by atoms with van der Waals surface area (Å²) in [7, 11) is -2.15. The van der Waals surface area contributed by atoms with Gasteiger partial charge >= 0.3 is 6.18 Å².